The Morgan fingerprint density at radius 3 is 0.772 bits per heavy atom. The third-order valence-electron chi connectivity index (χ3n) is 13.3. The minimum Gasteiger partial charge on any atom is -0.462 e. The maximum atomic E-state index is 12.9. The van der Waals surface area contributed by atoms with Crippen LogP contribution in [-0.2, 0) is 28.6 Å². The van der Waals surface area contributed by atoms with Crippen molar-refractivity contribution < 1.29 is 28.6 Å². The van der Waals surface area contributed by atoms with Crippen molar-refractivity contribution in [3.8, 4) is 0 Å². The summed E-state index contributed by atoms with van der Waals surface area (Å²) in [7, 11) is 0. The molecule has 0 saturated carbocycles. The molecule has 0 bridgehead atoms. The van der Waals surface area contributed by atoms with Gasteiger partial charge in [-0.1, -0.05) is 282 Å². The Morgan fingerprint density at radius 2 is 0.494 bits per heavy atom. The summed E-state index contributed by atoms with van der Waals surface area (Å²) in [5, 5.41) is 0. The Bertz CT molecular complexity index is 1730. The molecule has 0 saturated heterocycles. The number of allylic oxidation sites excluding steroid dienone is 24. The van der Waals surface area contributed by atoms with Crippen LogP contribution in [0, 0.1) is 0 Å². The molecule has 0 aliphatic carbocycles. The number of carbonyl (C=O) groups excluding carboxylic acids is 3. The van der Waals surface area contributed by atoms with Crippen molar-refractivity contribution in [2.24, 2.45) is 0 Å². The van der Waals surface area contributed by atoms with Gasteiger partial charge in [0, 0.05) is 19.3 Å². The van der Waals surface area contributed by atoms with E-state index in [1.807, 2.05) is 0 Å². The van der Waals surface area contributed by atoms with E-state index in [1.165, 1.54) is 89.9 Å². The molecular weight excluding hydrogens is 973 g/mol. The second-order valence-electron chi connectivity index (χ2n) is 20.9. The van der Waals surface area contributed by atoms with Crippen molar-refractivity contribution in [1.29, 1.82) is 0 Å². The zero-order chi connectivity index (χ0) is 57.1. The van der Waals surface area contributed by atoms with Gasteiger partial charge in [-0.15, -0.1) is 0 Å². The third kappa shape index (κ3) is 64.0. The van der Waals surface area contributed by atoms with E-state index in [9.17, 15) is 14.4 Å². The van der Waals surface area contributed by atoms with E-state index in [2.05, 4.69) is 167 Å². The summed E-state index contributed by atoms with van der Waals surface area (Å²) >= 11 is 0. The molecule has 0 rings (SSSR count). The molecule has 79 heavy (non-hydrogen) atoms. The zero-order valence-electron chi connectivity index (χ0n) is 51.1. The van der Waals surface area contributed by atoms with Crippen LogP contribution in [0.3, 0.4) is 0 Å². The van der Waals surface area contributed by atoms with Crippen molar-refractivity contribution >= 4 is 17.9 Å². The summed E-state index contributed by atoms with van der Waals surface area (Å²) in [6.07, 6.45) is 94.4. The SMILES string of the molecule is CC/C=C\C/C=C\C/C=C\C/C=C\C/C=C\C/C=C\CCCCCCCCCCC(=O)OCC(COC(=O)CCCCCCCCC)OC(=O)CCCCCCCCCC/C=C\C/C=C\C/C=C\C/C=C\C/C=C\C/C=C\CC. The summed E-state index contributed by atoms with van der Waals surface area (Å²) in [6.45, 7) is 6.36. The Kier molecular flexibility index (Phi) is 61.9. The first-order valence-electron chi connectivity index (χ1n) is 32.3. The summed E-state index contributed by atoms with van der Waals surface area (Å²) in [4.78, 5) is 38.1. The van der Waals surface area contributed by atoms with E-state index in [0.29, 0.717) is 19.3 Å². The zero-order valence-corrected chi connectivity index (χ0v) is 51.1. The van der Waals surface area contributed by atoms with E-state index >= 15 is 0 Å². The predicted octanol–water partition coefficient (Wildman–Crippen LogP) is 22.3. The number of carbonyl (C=O) groups is 3. The molecule has 446 valence electrons. The van der Waals surface area contributed by atoms with Gasteiger partial charge in [-0.05, 0) is 122 Å². The number of unbranched alkanes of at least 4 members (excludes halogenated alkanes) is 22. The fourth-order valence-corrected chi connectivity index (χ4v) is 8.57. The molecule has 0 aromatic heterocycles. The summed E-state index contributed by atoms with van der Waals surface area (Å²) in [5.41, 5.74) is 0. The molecular formula is C73H118O6. The van der Waals surface area contributed by atoms with Gasteiger partial charge in [-0.2, -0.15) is 0 Å². The maximum absolute atomic E-state index is 12.9. The molecule has 0 aromatic rings. The molecule has 0 radical (unpaired) electrons. The second-order valence-corrected chi connectivity index (χ2v) is 20.9. The van der Waals surface area contributed by atoms with Crippen LogP contribution in [-0.4, -0.2) is 37.2 Å². The highest BCUT2D eigenvalue weighted by molar-refractivity contribution is 5.71. The topological polar surface area (TPSA) is 78.9 Å². The summed E-state index contributed by atoms with van der Waals surface area (Å²) in [5.74, 6) is -0.912. The van der Waals surface area contributed by atoms with Crippen LogP contribution in [0.4, 0.5) is 0 Å². The third-order valence-corrected chi connectivity index (χ3v) is 13.3. The largest absolute Gasteiger partial charge is 0.462 e. The molecule has 0 aliphatic rings. The van der Waals surface area contributed by atoms with Crippen molar-refractivity contribution in [1.82, 2.24) is 0 Å². The van der Waals surface area contributed by atoms with Crippen LogP contribution in [0.2, 0.25) is 0 Å². The maximum Gasteiger partial charge on any atom is 0.306 e. The molecule has 0 spiro atoms. The van der Waals surface area contributed by atoms with Crippen LogP contribution >= 0.6 is 0 Å². The fraction of sp³-hybridized carbons (Fsp3) is 0.630. The van der Waals surface area contributed by atoms with Gasteiger partial charge in [0.25, 0.3) is 0 Å². The summed E-state index contributed by atoms with van der Waals surface area (Å²) < 4.78 is 16.8. The standard InChI is InChI=1S/C73H118O6/c1-4-7-10-13-16-18-20-22-24-26-28-30-32-34-36-38-40-42-44-46-48-50-52-54-57-60-63-66-72(75)78-69-70(68-77-71(74)65-62-59-56-15-12-9-6-3)79-73(76)67-64-61-58-55-53-51-49-47-45-43-41-39-37-35-33-31-29-27-25-23-21-19-17-14-11-8-5-2/h7-8,10-11,16-19,22-25,28-31,34-37,40-43,70H,4-6,9,12-15,20-21,26-27,32-33,38-39,44-69H2,1-3H3/b10-7-,11-8-,18-16-,19-17-,24-22-,25-23-,30-28-,31-29-,36-34-,37-35-,42-40-,43-41-. The second kappa shape index (κ2) is 65.8. The average molecular weight is 1090 g/mol. The highest BCUT2D eigenvalue weighted by Crippen LogP contribution is 2.15. The first-order valence-corrected chi connectivity index (χ1v) is 32.3. The Hall–Kier alpha value is -4.71. The molecule has 6 heteroatoms. The van der Waals surface area contributed by atoms with Crippen LogP contribution in [0.15, 0.2) is 146 Å². The highest BCUT2D eigenvalue weighted by Gasteiger charge is 2.19. The van der Waals surface area contributed by atoms with Crippen molar-refractivity contribution in [3.63, 3.8) is 0 Å². The van der Waals surface area contributed by atoms with Gasteiger partial charge < -0.3 is 14.2 Å². The molecule has 0 fully saturated rings. The van der Waals surface area contributed by atoms with Crippen LogP contribution < -0.4 is 0 Å². The lowest BCUT2D eigenvalue weighted by atomic mass is 10.1. The predicted molar refractivity (Wildman–Crippen MR) is 343 cm³/mol. The van der Waals surface area contributed by atoms with E-state index in [1.54, 1.807) is 0 Å². The lowest BCUT2D eigenvalue weighted by Crippen LogP contribution is -2.30. The van der Waals surface area contributed by atoms with Gasteiger partial charge in [0.05, 0.1) is 0 Å². The number of rotatable bonds is 57. The van der Waals surface area contributed by atoms with Gasteiger partial charge in [0.1, 0.15) is 13.2 Å². The van der Waals surface area contributed by atoms with Gasteiger partial charge in [-0.25, -0.2) is 0 Å². The minimum absolute atomic E-state index is 0.0875. The van der Waals surface area contributed by atoms with Crippen LogP contribution in [0.5, 0.6) is 0 Å². The Balaban J connectivity index is 4.21. The monoisotopic (exact) mass is 1090 g/mol. The average Bonchev–Trinajstić information content (AvgIpc) is 3.45. The lowest BCUT2D eigenvalue weighted by Gasteiger charge is -2.18. The Labute approximate surface area is 487 Å². The van der Waals surface area contributed by atoms with Gasteiger partial charge in [-0.3, -0.25) is 14.4 Å². The molecule has 1 unspecified atom stereocenters. The first kappa shape index (κ1) is 74.3. The van der Waals surface area contributed by atoms with Gasteiger partial charge >= 0.3 is 17.9 Å². The van der Waals surface area contributed by atoms with Crippen molar-refractivity contribution in [2.45, 2.75) is 284 Å². The van der Waals surface area contributed by atoms with Gasteiger partial charge in [0.15, 0.2) is 6.10 Å². The summed E-state index contributed by atoms with van der Waals surface area (Å²) in [6, 6.07) is 0. The first-order chi connectivity index (χ1) is 39.0. The van der Waals surface area contributed by atoms with Crippen LogP contribution in [0.25, 0.3) is 0 Å². The van der Waals surface area contributed by atoms with E-state index < -0.39 is 6.10 Å². The molecule has 0 aliphatic heterocycles. The fourth-order valence-electron chi connectivity index (χ4n) is 8.57. The van der Waals surface area contributed by atoms with Crippen molar-refractivity contribution in [2.75, 3.05) is 13.2 Å². The lowest BCUT2D eigenvalue weighted by molar-refractivity contribution is -0.167. The minimum atomic E-state index is -0.790. The molecule has 1 atom stereocenters. The van der Waals surface area contributed by atoms with E-state index in [0.717, 1.165) is 148 Å². The highest BCUT2D eigenvalue weighted by atomic mass is 16.6. The molecule has 0 N–H and O–H groups in total. The van der Waals surface area contributed by atoms with Crippen LogP contribution in [0.1, 0.15) is 278 Å². The number of ether oxygens (including phenoxy) is 3. The van der Waals surface area contributed by atoms with Crippen molar-refractivity contribution in [3.05, 3.63) is 146 Å². The smallest absolute Gasteiger partial charge is 0.306 e. The molecule has 0 aromatic carbocycles. The quantitative estimate of drug-likeness (QED) is 0.0261. The molecule has 0 heterocycles. The molecule has 6 nitrogen and oxygen atoms in total. The van der Waals surface area contributed by atoms with Gasteiger partial charge in [0.2, 0.25) is 0 Å². The number of esters is 3. The number of hydrogen-bond acceptors (Lipinski definition) is 6. The van der Waals surface area contributed by atoms with E-state index in [4.69, 9.17) is 14.2 Å². The molecule has 0 amide bonds. The normalized spacial score (nSPS) is 13.1. The number of hydrogen-bond donors (Lipinski definition) is 0. The Morgan fingerprint density at radius 1 is 0.266 bits per heavy atom. The van der Waals surface area contributed by atoms with E-state index in [-0.39, 0.29) is 31.1 Å².